The highest BCUT2D eigenvalue weighted by Gasteiger charge is 2.17. The van der Waals surface area contributed by atoms with Crippen molar-refractivity contribution >= 4 is 39.1 Å². The lowest BCUT2D eigenvalue weighted by molar-refractivity contribution is -0.130. The fraction of sp³-hybridized carbons (Fsp3) is 0.562. The highest BCUT2D eigenvalue weighted by molar-refractivity contribution is 8.77. The number of carbonyl (C=O) groups excluding carboxylic acids is 1. The third kappa shape index (κ3) is 5.36. The van der Waals surface area contributed by atoms with Crippen LogP contribution in [0, 0.1) is 5.82 Å². The summed E-state index contributed by atoms with van der Waals surface area (Å²) >= 11 is 6.00. The molecule has 1 fully saturated rings. The second-order valence-corrected chi connectivity index (χ2v) is 8.72. The molecule has 1 atom stereocenters. The highest BCUT2D eigenvalue weighted by Crippen LogP contribution is 2.39. The predicted molar refractivity (Wildman–Crippen MR) is 94.8 cm³/mol. The van der Waals surface area contributed by atoms with E-state index in [1.165, 1.54) is 24.7 Å². The first-order valence-corrected chi connectivity index (χ1v) is 10.3. The Morgan fingerprint density at radius 3 is 2.95 bits per heavy atom. The maximum Gasteiger partial charge on any atom is 0.222 e. The van der Waals surface area contributed by atoms with Crippen LogP contribution in [0.2, 0.25) is 5.02 Å². The summed E-state index contributed by atoms with van der Waals surface area (Å²) in [4.78, 5) is 13.7. The van der Waals surface area contributed by atoms with E-state index in [0.717, 1.165) is 18.1 Å². The van der Waals surface area contributed by atoms with Crippen molar-refractivity contribution in [3.05, 3.63) is 34.6 Å². The van der Waals surface area contributed by atoms with Crippen molar-refractivity contribution in [2.75, 3.05) is 12.8 Å². The summed E-state index contributed by atoms with van der Waals surface area (Å²) in [6.07, 6.45) is 4.98. The van der Waals surface area contributed by atoms with Crippen LogP contribution in [0.5, 0.6) is 0 Å². The van der Waals surface area contributed by atoms with Crippen molar-refractivity contribution in [1.82, 2.24) is 4.90 Å². The molecule has 122 valence electrons. The summed E-state index contributed by atoms with van der Waals surface area (Å²) in [6.45, 7) is 0.222. The lowest BCUT2D eigenvalue weighted by atomic mass is 10.1. The molecule has 22 heavy (non-hydrogen) atoms. The third-order valence-electron chi connectivity index (χ3n) is 3.78. The van der Waals surface area contributed by atoms with Gasteiger partial charge in [-0.3, -0.25) is 4.79 Å². The van der Waals surface area contributed by atoms with E-state index < -0.39 is 0 Å². The molecule has 1 aliphatic rings. The van der Waals surface area contributed by atoms with Crippen molar-refractivity contribution in [2.24, 2.45) is 0 Å². The Morgan fingerprint density at radius 1 is 1.45 bits per heavy atom. The number of nitrogens with zero attached hydrogens (tertiary/aromatic N) is 1. The first-order valence-electron chi connectivity index (χ1n) is 7.53. The topological polar surface area (TPSA) is 20.3 Å². The molecule has 2 rings (SSSR count). The Labute approximate surface area is 144 Å². The molecule has 0 aliphatic carbocycles. The minimum Gasteiger partial charge on any atom is -0.341 e. The molecule has 0 N–H and O–H groups in total. The Bertz CT molecular complexity index is 489. The molecule has 1 aromatic rings. The zero-order valence-corrected chi connectivity index (χ0v) is 15.1. The molecule has 0 radical (unpaired) electrons. The number of hydrogen-bond acceptors (Lipinski definition) is 3. The lowest BCUT2D eigenvalue weighted by Crippen LogP contribution is -2.26. The average molecular weight is 362 g/mol. The van der Waals surface area contributed by atoms with Crippen LogP contribution in [-0.2, 0) is 11.3 Å². The maximum atomic E-state index is 13.7. The molecule has 1 heterocycles. The number of amides is 1. The van der Waals surface area contributed by atoms with Gasteiger partial charge in [-0.05, 0) is 31.4 Å². The van der Waals surface area contributed by atoms with E-state index in [4.69, 9.17) is 11.6 Å². The summed E-state index contributed by atoms with van der Waals surface area (Å²) in [7, 11) is 5.63. The van der Waals surface area contributed by atoms with E-state index in [1.807, 2.05) is 21.6 Å². The molecule has 6 heteroatoms. The molecule has 0 spiro atoms. The summed E-state index contributed by atoms with van der Waals surface area (Å²) in [6, 6.07) is 4.59. The van der Waals surface area contributed by atoms with Crippen LogP contribution in [0.3, 0.4) is 0 Å². The summed E-state index contributed by atoms with van der Waals surface area (Å²) in [5.41, 5.74) is 0.388. The largest absolute Gasteiger partial charge is 0.341 e. The van der Waals surface area contributed by atoms with E-state index >= 15 is 0 Å². The SMILES string of the molecule is CN(Cc1c(F)cccc1Cl)C(=O)CCCCC1CCSS1. The van der Waals surface area contributed by atoms with Crippen molar-refractivity contribution < 1.29 is 9.18 Å². The van der Waals surface area contributed by atoms with Gasteiger partial charge in [-0.15, -0.1) is 0 Å². The van der Waals surface area contributed by atoms with Gasteiger partial charge >= 0.3 is 0 Å². The number of benzene rings is 1. The van der Waals surface area contributed by atoms with Gasteiger partial charge in [0, 0.05) is 41.6 Å². The highest BCUT2D eigenvalue weighted by atomic mass is 35.5. The Kier molecular flexibility index (Phi) is 7.38. The van der Waals surface area contributed by atoms with E-state index in [-0.39, 0.29) is 18.3 Å². The molecule has 2 nitrogen and oxygen atoms in total. The van der Waals surface area contributed by atoms with Crippen LogP contribution in [0.1, 0.15) is 37.7 Å². The van der Waals surface area contributed by atoms with E-state index in [0.29, 0.717) is 17.0 Å². The molecule has 1 saturated heterocycles. The van der Waals surface area contributed by atoms with Crippen molar-refractivity contribution in [2.45, 2.75) is 43.9 Å². The molecule has 1 aliphatic heterocycles. The van der Waals surface area contributed by atoms with Gasteiger partial charge in [-0.1, -0.05) is 45.7 Å². The number of hydrogen-bond donors (Lipinski definition) is 0. The Balaban J connectivity index is 1.72. The average Bonchev–Trinajstić information content (AvgIpc) is 3.00. The van der Waals surface area contributed by atoms with Gasteiger partial charge in [0.2, 0.25) is 5.91 Å². The first-order chi connectivity index (χ1) is 10.6. The van der Waals surface area contributed by atoms with Gasteiger partial charge in [-0.2, -0.15) is 0 Å². The van der Waals surface area contributed by atoms with Crippen LogP contribution < -0.4 is 0 Å². The zero-order chi connectivity index (χ0) is 15.9. The fourth-order valence-corrected chi connectivity index (χ4v) is 5.66. The fourth-order valence-electron chi connectivity index (χ4n) is 2.41. The standard InChI is InChI=1S/C16H21ClFNOS2/c1-19(11-13-14(17)6-4-7-15(13)18)16(20)8-3-2-5-12-9-10-21-22-12/h4,6-7,12H,2-3,5,8-11H2,1H3. The molecular weight excluding hydrogens is 341 g/mol. The van der Waals surface area contributed by atoms with Gasteiger partial charge in [0.05, 0.1) is 0 Å². The van der Waals surface area contributed by atoms with Crippen LogP contribution in [0.15, 0.2) is 18.2 Å². The van der Waals surface area contributed by atoms with Gasteiger partial charge in [0.25, 0.3) is 0 Å². The van der Waals surface area contributed by atoms with E-state index in [9.17, 15) is 9.18 Å². The Morgan fingerprint density at radius 2 is 2.27 bits per heavy atom. The summed E-state index contributed by atoms with van der Waals surface area (Å²) in [5, 5.41) is 1.13. The minimum absolute atomic E-state index is 0.0489. The number of unbranched alkanes of at least 4 members (excludes halogenated alkanes) is 1. The maximum absolute atomic E-state index is 13.7. The van der Waals surface area contributed by atoms with E-state index in [1.54, 1.807) is 24.1 Å². The predicted octanol–water partition coefficient (Wildman–Crippen LogP) is 5.15. The van der Waals surface area contributed by atoms with Crippen LogP contribution in [0.4, 0.5) is 4.39 Å². The molecule has 1 aromatic carbocycles. The number of halogens is 2. The van der Waals surface area contributed by atoms with Crippen molar-refractivity contribution in [3.63, 3.8) is 0 Å². The second kappa shape index (κ2) is 9.04. The van der Waals surface area contributed by atoms with Crippen LogP contribution >= 0.6 is 33.2 Å². The van der Waals surface area contributed by atoms with Gasteiger partial charge in [0.15, 0.2) is 0 Å². The number of rotatable bonds is 7. The third-order valence-corrected chi connectivity index (χ3v) is 7.14. The second-order valence-electron chi connectivity index (χ2n) is 5.52. The minimum atomic E-state index is -0.358. The molecular formula is C16H21ClFNOS2. The lowest BCUT2D eigenvalue weighted by Gasteiger charge is -2.18. The normalized spacial score (nSPS) is 17.7. The van der Waals surface area contributed by atoms with E-state index in [2.05, 4.69) is 0 Å². The Hall–Kier alpha value is -0.390. The molecule has 0 saturated carbocycles. The molecule has 1 amide bonds. The molecule has 0 aromatic heterocycles. The van der Waals surface area contributed by atoms with Gasteiger partial charge < -0.3 is 4.90 Å². The molecule has 1 unspecified atom stereocenters. The zero-order valence-electron chi connectivity index (χ0n) is 12.7. The summed E-state index contributed by atoms with van der Waals surface area (Å²) in [5.74, 6) is 0.941. The summed E-state index contributed by atoms with van der Waals surface area (Å²) < 4.78 is 13.7. The van der Waals surface area contributed by atoms with Crippen LogP contribution in [0.25, 0.3) is 0 Å². The monoisotopic (exact) mass is 361 g/mol. The number of carbonyl (C=O) groups is 1. The first kappa shape index (κ1) is 18.0. The van der Waals surface area contributed by atoms with Crippen molar-refractivity contribution in [3.8, 4) is 0 Å². The van der Waals surface area contributed by atoms with Gasteiger partial charge in [-0.25, -0.2) is 4.39 Å². The van der Waals surface area contributed by atoms with Crippen molar-refractivity contribution in [1.29, 1.82) is 0 Å². The smallest absolute Gasteiger partial charge is 0.222 e. The quantitative estimate of drug-likeness (QED) is 0.494. The van der Waals surface area contributed by atoms with Gasteiger partial charge in [0.1, 0.15) is 5.82 Å². The van der Waals surface area contributed by atoms with Crippen LogP contribution in [-0.4, -0.2) is 28.9 Å². The molecule has 0 bridgehead atoms.